The first kappa shape index (κ1) is 15.5. The Bertz CT molecular complexity index is 558. The van der Waals surface area contributed by atoms with Crippen LogP contribution in [-0.4, -0.2) is 14.7 Å². The summed E-state index contributed by atoms with van der Waals surface area (Å²) in [5.74, 6) is 0.248. The van der Waals surface area contributed by atoms with Crippen molar-refractivity contribution in [2.24, 2.45) is 17.3 Å². The lowest BCUT2D eigenvalue weighted by Crippen LogP contribution is -2.34. The van der Waals surface area contributed by atoms with E-state index in [1.165, 1.54) is 6.07 Å². The molecule has 1 aliphatic rings. The van der Waals surface area contributed by atoms with Crippen LogP contribution in [0.15, 0.2) is 12.3 Å². The minimum atomic E-state index is -0.492. The average Bonchev–Trinajstić information content (AvgIpc) is 2.96. The monoisotopic (exact) mass is 290 g/mol. The van der Waals surface area contributed by atoms with Gasteiger partial charge in [-0.2, -0.15) is 9.94 Å². The molecule has 0 amide bonds. The number of nitro groups is 1. The fraction of sp³-hybridized carbons (Fsp3) is 0.733. The van der Waals surface area contributed by atoms with Gasteiger partial charge in [0.2, 0.25) is 0 Å². The SMILES string of the molecule is CCC(C)(C)C1CCC(C#N)C(n2ccc([N+](=O)[O-])n2)C1. The molecule has 0 saturated heterocycles. The Morgan fingerprint density at radius 2 is 2.29 bits per heavy atom. The molecule has 21 heavy (non-hydrogen) atoms. The Morgan fingerprint density at radius 3 is 2.81 bits per heavy atom. The lowest BCUT2D eigenvalue weighted by molar-refractivity contribution is -0.389. The van der Waals surface area contributed by atoms with E-state index in [9.17, 15) is 15.4 Å². The summed E-state index contributed by atoms with van der Waals surface area (Å²) in [6.45, 7) is 6.70. The summed E-state index contributed by atoms with van der Waals surface area (Å²) in [5, 5.41) is 24.2. The molecule has 6 nitrogen and oxygen atoms in total. The van der Waals surface area contributed by atoms with Crippen LogP contribution >= 0.6 is 0 Å². The van der Waals surface area contributed by atoms with E-state index in [0.29, 0.717) is 5.92 Å². The molecule has 3 atom stereocenters. The second-order valence-electron chi connectivity index (χ2n) is 6.57. The van der Waals surface area contributed by atoms with Crippen LogP contribution in [0.4, 0.5) is 5.82 Å². The first-order chi connectivity index (χ1) is 9.89. The summed E-state index contributed by atoms with van der Waals surface area (Å²) in [6.07, 6.45) is 5.45. The minimum Gasteiger partial charge on any atom is -0.358 e. The highest BCUT2D eigenvalue weighted by Crippen LogP contribution is 2.46. The Labute approximate surface area is 124 Å². The third kappa shape index (κ3) is 3.07. The predicted octanol–water partition coefficient (Wildman–Crippen LogP) is 3.71. The van der Waals surface area contributed by atoms with Crippen molar-refractivity contribution in [2.45, 2.75) is 52.5 Å². The largest absolute Gasteiger partial charge is 0.389 e. The fourth-order valence-corrected chi connectivity index (χ4v) is 3.20. The average molecular weight is 290 g/mol. The number of hydrogen-bond acceptors (Lipinski definition) is 4. The van der Waals surface area contributed by atoms with Crippen LogP contribution < -0.4 is 0 Å². The smallest absolute Gasteiger partial charge is 0.358 e. The van der Waals surface area contributed by atoms with Gasteiger partial charge in [0.05, 0.1) is 35.4 Å². The molecule has 1 aliphatic carbocycles. The molecule has 2 rings (SSSR count). The van der Waals surface area contributed by atoms with Crippen molar-refractivity contribution in [3.63, 3.8) is 0 Å². The molecule has 1 aromatic heterocycles. The summed E-state index contributed by atoms with van der Waals surface area (Å²) in [4.78, 5) is 10.3. The molecule has 1 saturated carbocycles. The first-order valence-electron chi connectivity index (χ1n) is 7.48. The minimum absolute atomic E-state index is 0.0618. The molecule has 6 heteroatoms. The number of hydrogen-bond donors (Lipinski definition) is 0. The Kier molecular flexibility index (Phi) is 4.31. The highest BCUT2D eigenvalue weighted by atomic mass is 16.6. The van der Waals surface area contributed by atoms with Crippen molar-refractivity contribution in [3.05, 3.63) is 22.4 Å². The van der Waals surface area contributed by atoms with Crippen molar-refractivity contribution in [3.8, 4) is 6.07 Å². The van der Waals surface area contributed by atoms with Gasteiger partial charge < -0.3 is 10.1 Å². The van der Waals surface area contributed by atoms with Crippen LogP contribution in [0.3, 0.4) is 0 Å². The Morgan fingerprint density at radius 1 is 1.57 bits per heavy atom. The van der Waals surface area contributed by atoms with E-state index in [1.807, 2.05) is 0 Å². The topological polar surface area (TPSA) is 84.8 Å². The van der Waals surface area contributed by atoms with Gasteiger partial charge in [0, 0.05) is 0 Å². The van der Waals surface area contributed by atoms with Crippen molar-refractivity contribution >= 4 is 5.82 Å². The lowest BCUT2D eigenvalue weighted by atomic mass is 9.66. The van der Waals surface area contributed by atoms with Gasteiger partial charge in [0.1, 0.15) is 0 Å². The summed E-state index contributed by atoms with van der Waals surface area (Å²) in [5.41, 5.74) is 0.220. The van der Waals surface area contributed by atoms with Gasteiger partial charge in [-0.25, -0.2) is 0 Å². The zero-order valence-corrected chi connectivity index (χ0v) is 12.8. The summed E-state index contributed by atoms with van der Waals surface area (Å²) >= 11 is 0. The summed E-state index contributed by atoms with van der Waals surface area (Å²) < 4.78 is 1.63. The van der Waals surface area contributed by atoms with E-state index in [4.69, 9.17) is 0 Å². The molecule has 0 N–H and O–H groups in total. The Balaban J connectivity index is 2.24. The quantitative estimate of drug-likeness (QED) is 0.625. The van der Waals surface area contributed by atoms with Crippen molar-refractivity contribution in [1.82, 2.24) is 9.78 Å². The maximum Gasteiger partial charge on any atom is 0.389 e. The van der Waals surface area contributed by atoms with Crippen LogP contribution in [-0.2, 0) is 0 Å². The number of aromatic nitrogens is 2. The van der Waals surface area contributed by atoms with Gasteiger partial charge in [0.25, 0.3) is 0 Å². The number of rotatable bonds is 4. The van der Waals surface area contributed by atoms with Gasteiger partial charge in [-0.05, 0) is 35.5 Å². The van der Waals surface area contributed by atoms with Crippen molar-refractivity contribution in [1.29, 1.82) is 5.26 Å². The van der Waals surface area contributed by atoms with Crippen LogP contribution in [0.1, 0.15) is 52.5 Å². The number of nitrogens with zero attached hydrogens (tertiary/aromatic N) is 4. The van der Waals surface area contributed by atoms with E-state index in [-0.39, 0.29) is 23.2 Å². The Hall–Kier alpha value is -1.90. The zero-order valence-electron chi connectivity index (χ0n) is 12.8. The predicted molar refractivity (Wildman–Crippen MR) is 78.4 cm³/mol. The fourth-order valence-electron chi connectivity index (χ4n) is 3.20. The summed E-state index contributed by atoms with van der Waals surface area (Å²) in [6, 6.07) is 3.69. The lowest BCUT2D eigenvalue weighted by Gasteiger charge is -2.40. The molecule has 1 fully saturated rings. The van der Waals surface area contributed by atoms with Gasteiger partial charge in [-0.3, -0.25) is 0 Å². The molecule has 0 aliphatic heterocycles. The molecule has 0 radical (unpaired) electrons. The summed E-state index contributed by atoms with van der Waals surface area (Å²) in [7, 11) is 0. The molecule has 1 heterocycles. The van der Waals surface area contributed by atoms with Crippen LogP contribution in [0.2, 0.25) is 0 Å². The second-order valence-corrected chi connectivity index (χ2v) is 6.57. The van der Waals surface area contributed by atoms with Crippen molar-refractivity contribution in [2.75, 3.05) is 0 Å². The van der Waals surface area contributed by atoms with E-state index >= 15 is 0 Å². The van der Waals surface area contributed by atoms with Crippen LogP contribution in [0.5, 0.6) is 0 Å². The van der Waals surface area contributed by atoms with Gasteiger partial charge in [0.15, 0.2) is 0 Å². The van der Waals surface area contributed by atoms with Gasteiger partial charge in [-0.15, -0.1) is 0 Å². The maximum absolute atomic E-state index is 10.8. The number of nitriles is 1. The van der Waals surface area contributed by atoms with E-state index < -0.39 is 4.92 Å². The molecular formula is C15H22N4O2. The third-order valence-corrected chi connectivity index (χ3v) is 5.12. The molecular weight excluding hydrogens is 268 g/mol. The molecule has 3 unspecified atom stereocenters. The van der Waals surface area contributed by atoms with E-state index in [0.717, 1.165) is 25.7 Å². The highest BCUT2D eigenvalue weighted by molar-refractivity contribution is 5.15. The maximum atomic E-state index is 10.8. The van der Waals surface area contributed by atoms with Gasteiger partial charge >= 0.3 is 5.82 Å². The molecule has 114 valence electrons. The van der Waals surface area contributed by atoms with Gasteiger partial charge in [-0.1, -0.05) is 27.2 Å². The zero-order chi connectivity index (χ0) is 15.6. The molecule has 1 aromatic rings. The van der Waals surface area contributed by atoms with E-state index in [2.05, 4.69) is 31.9 Å². The molecule has 0 spiro atoms. The highest BCUT2D eigenvalue weighted by Gasteiger charge is 2.39. The van der Waals surface area contributed by atoms with Crippen LogP contribution in [0, 0.1) is 38.7 Å². The second kappa shape index (κ2) is 5.84. The van der Waals surface area contributed by atoms with E-state index in [1.54, 1.807) is 10.9 Å². The normalized spacial score (nSPS) is 26.3. The standard InChI is InChI=1S/C15H22N4O2/c1-4-15(2,3)12-6-5-11(10-16)13(9-12)18-8-7-14(17-18)19(20)21/h7-8,11-13H,4-6,9H2,1-3H3. The molecule has 0 aromatic carbocycles. The van der Waals surface area contributed by atoms with Crippen molar-refractivity contribution < 1.29 is 4.92 Å². The van der Waals surface area contributed by atoms with Crippen LogP contribution in [0.25, 0.3) is 0 Å². The first-order valence-corrected chi connectivity index (χ1v) is 7.48. The third-order valence-electron chi connectivity index (χ3n) is 5.12. The molecule has 0 bridgehead atoms.